The second-order valence-electron chi connectivity index (χ2n) is 7.49. The number of benzene rings is 3. The molecule has 0 bridgehead atoms. The number of methoxy groups -OCH3 is 2. The lowest BCUT2D eigenvalue weighted by Gasteiger charge is -2.14. The number of aromatic nitrogens is 3. The second kappa shape index (κ2) is 9.80. The smallest absolute Gasteiger partial charge is 0.416 e. The Morgan fingerprint density at radius 3 is 2.26 bits per heavy atom. The van der Waals surface area contributed by atoms with Crippen molar-refractivity contribution in [1.29, 1.82) is 0 Å². The van der Waals surface area contributed by atoms with Gasteiger partial charge in [-0.1, -0.05) is 47.7 Å². The molecule has 1 heterocycles. The van der Waals surface area contributed by atoms with E-state index in [1.54, 1.807) is 32.4 Å². The highest BCUT2D eigenvalue weighted by atomic mass is 32.2. The number of hydrogen-bond donors (Lipinski definition) is 0. The van der Waals surface area contributed by atoms with Crippen LogP contribution in [-0.2, 0) is 11.9 Å². The van der Waals surface area contributed by atoms with Crippen LogP contribution in [-0.4, -0.2) is 29.0 Å². The fourth-order valence-electron chi connectivity index (χ4n) is 3.52. The van der Waals surface area contributed by atoms with Crippen molar-refractivity contribution in [3.8, 4) is 28.6 Å². The molecule has 0 amide bonds. The minimum atomic E-state index is -4.42. The monoisotopic (exact) mass is 485 g/mol. The molecule has 0 spiro atoms. The Labute approximate surface area is 199 Å². The summed E-state index contributed by atoms with van der Waals surface area (Å²) in [6.07, 6.45) is -4.42. The van der Waals surface area contributed by atoms with E-state index in [4.69, 9.17) is 9.47 Å². The summed E-state index contributed by atoms with van der Waals surface area (Å²) in [4.78, 5) is 0. The van der Waals surface area contributed by atoms with Gasteiger partial charge >= 0.3 is 6.18 Å². The standard InChI is InChI=1S/C25H22F3N3O2S/c1-16-8-11-19(12-9-16)31-23(17-10-13-21(32-2)22(14-17)33-3)29-30-24(31)34-15-18-6-4-5-7-20(18)25(26,27)28/h4-14H,15H2,1-3H3. The number of halogens is 3. The summed E-state index contributed by atoms with van der Waals surface area (Å²) < 4.78 is 52.9. The normalized spacial score (nSPS) is 11.5. The lowest BCUT2D eigenvalue weighted by Crippen LogP contribution is -2.08. The maximum absolute atomic E-state index is 13.5. The van der Waals surface area contributed by atoms with Crippen LogP contribution < -0.4 is 9.47 Å². The largest absolute Gasteiger partial charge is 0.493 e. The van der Waals surface area contributed by atoms with Crippen LogP contribution in [0.3, 0.4) is 0 Å². The van der Waals surface area contributed by atoms with Gasteiger partial charge in [0.2, 0.25) is 0 Å². The fourth-order valence-corrected chi connectivity index (χ4v) is 4.47. The minimum absolute atomic E-state index is 0.0889. The van der Waals surface area contributed by atoms with E-state index < -0.39 is 11.7 Å². The molecule has 176 valence electrons. The molecular formula is C25H22F3N3O2S. The van der Waals surface area contributed by atoms with E-state index in [0.29, 0.717) is 22.5 Å². The molecule has 0 fully saturated rings. The molecule has 0 aliphatic heterocycles. The van der Waals surface area contributed by atoms with Crippen LogP contribution >= 0.6 is 11.8 Å². The molecule has 1 aromatic heterocycles. The van der Waals surface area contributed by atoms with Crippen molar-refractivity contribution in [3.05, 3.63) is 83.4 Å². The van der Waals surface area contributed by atoms with Crippen LogP contribution in [0.5, 0.6) is 11.5 Å². The number of alkyl halides is 3. The molecule has 34 heavy (non-hydrogen) atoms. The lowest BCUT2D eigenvalue weighted by molar-refractivity contribution is -0.138. The highest BCUT2D eigenvalue weighted by molar-refractivity contribution is 7.98. The molecule has 0 aliphatic rings. The van der Waals surface area contributed by atoms with Crippen molar-refractivity contribution < 1.29 is 22.6 Å². The molecule has 0 atom stereocenters. The average Bonchev–Trinajstić information content (AvgIpc) is 3.26. The average molecular weight is 486 g/mol. The predicted molar refractivity (Wildman–Crippen MR) is 126 cm³/mol. The number of thioether (sulfide) groups is 1. The Bertz CT molecular complexity index is 1290. The molecule has 0 radical (unpaired) electrons. The van der Waals surface area contributed by atoms with Crippen molar-refractivity contribution in [3.63, 3.8) is 0 Å². The van der Waals surface area contributed by atoms with Gasteiger partial charge in [0.15, 0.2) is 22.5 Å². The zero-order valence-electron chi connectivity index (χ0n) is 18.8. The van der Waals surface area contributed by atoms with Gasteiger partial charge in [-0.3, -0.25) is 4.57 Å². The third kappa shape index (κ3) is 4.89. The van der Waals surface area contributed by atoms with Crippen LogP contribution in [0.25, 0.3) is 17.1 Å². The van der Waals surface area contributed by atoms with Crippen molar-refractivity contribution in [2.75, 3.05) is 14.2 Å². The van der Waals surface area contributed by atoms with Gasteiger partial charge in [-0.05, 0) is 48.9 Å². The van der Waals surface area contributed by atoms with E-state index in [-0.39, 0.29) is 11.3 Å². The first-order valence-electron chi connectivity index (χ1n) is 10.3. The van der Waals surface area contributed by atoms with Gasteiger partial charge in [-0.2, -0.15) is 13.2 Å². The summed E-state index contributed by atoms with van der Waals surface area (Å²) >= 11 is 1.20. The van der Waals surface area contributed by atoms with Gasteiger partial charge in [-0.25, -0.2) is 0 Å². The molecule has 5 nitrogen and oxygen atoms in total. The van der Waals surface area contributed by atoms with Gasteiger partial charge in [0, 0.05) is 17.0 Å². The van der Waals surface area contributed by atoms with Crippen molar-refractivity contribution >= 4 is 11.8 Å². The van der Waals surface area contributed by atoms with E-state index in [1.807, 2.05) is 41.8 Å². The van der Waals surface area contributed by atoms with Gasteiger partial charge in [0.05, 0.1) is 19.8 Å². The summed E-state index contributed by atoms with van der Waals surface area (Å²) in [5, 5.41) is 9.17. The Hall–Kier alpha value is -3.46. The first-order valence-corrected chi connectivity index (χ1v) is 11.3. The third-order valence-electron chi connectivity index (χ3n) is 5.25. The number of ether oxygens (including phenoxy) is 2. The highest BCUT2D eigenvalue weighted by Gasteiger charge is 2.33. The molecule has 3 aromatic carbocycles. The molecule has 4 aromatic rings. The zero-order valence-corrected chi connectivity index (χ0v) is 19.6. The summed E-state index contributed by atoms with van der Waals surface area (Å²) in [6.45, 7) is 1.98. The Morgan fingerprint density at radius 1 is 0.882 bits per heavy atom. The van der Waals surface area contributed by atoms with E-state index in [1.165, 1.54) is 23.9 Å². The number of rotatable bonds is 7. The summed E-state index contributed by atoms with van der Waals surface area (Å²) in [5.74, 6) is 1.74. The van der Waals surface area contributed by atoms with Gasteiger partial charge < -0.3 is 9.47 Å². The number of aryl methyl sites for hydroxylation is 1. The summed E-state index contributed by atoms with van der Waals surface area (Å²) in [6, 6.07) is 18.7. The van der Waals surface area contributed by atoms with Crippen LogP contribution in [0.4, 0.5) is 13.2 Å². The van der Waals surface area contributed by atoms with Crippen molar-refractivity contribution in [2.24, 2.45) is 0 Å². The number of hydrogen-bond acceptors (Lipinski definition) is 5. The highest BCUT2D eigenvalue weighted by Crippen LogP contribution is 2.37. The van der Waals surface area contributed by atoms with Crippen LogP contribution in [0.15, 0.2) is 71.9 Å². The number of nitrogens with zero attached hydrogens (tertiary/aromatic N) is 3. The first-order chi connectivity index (χ1) is 16.3. The molecule has 0 unspecified atom stereocenters. The molecule has 0 aliphatic carbocycles. The molecule has 4 rings (SSSR count). The van der Waals surface area contributed by atoms with E-state index in [0.717, 1.165) is 22.9 Å². The minimum Gasteiger partial charge on any atom is -0.493 e. The van der Waals surface area contributed by atoms with Gasteiger partial charge in [-0.15, -0.1) is 10.2 Å². The summed E-state index contributed by atoms with van der Waals surface area (Å²) in [7, 11) is 3.10. The van der Waals surface area contributed by atoms with Gasteiger partial charge in [0.25, 0.3) is 0 Å². The zero-order chi connectivity index (χ0) is 24.3. The molecule has 0 saturated carbocycles. The lowest BCUT2D eigenvalue weighted by atomic mass is 10.1. The Morgan fingerprint density at radius 2 is 1.59 bits per heavy atom. The fraction of sp³-hybridized carbons (Fsp3) is 0.200. The Kier molecular flexibility index (Phi) is 6.83. The van der Waals surface area contributed by atoms with Gasteiger partial charge in [0.1, 0.15) is 0 Å². The summed E-state index contributed by atoms with van der Waals surface area (Å²) in [5.41, 5.74) is 2.15. The molecular weight excluding hydrogens is 463 g/mol. The topological polar surface area (TPSA) is 49.2 Å². The Balaban J connectivity index is 1.76. The maximum atomic E-state index is 13.5. The third-order valence-corrected chi connectivity index (χ3v) is 6.22. The van der Waals surface area contributed by atoms with Crippen molar-refractivity contribution in [1.82, 2.24) is 14.8 Å². The van der Waals surface area contributed by atoms with Crippen LogP contribution in [0.2, 0.25) is 0 Å². The first kappa shape index (κ1) is 23.7. The van der Waals surface area contributed by atoms with Crippen LogP contribution in [0.1, 0.15) is 16.7 Å². The molecule has 0 N–H and O–H groups in total. The van der Waals surface area contributed by atoms with E-state index >= 15 is 0 Å². The maximum Gasteiger partial charge on any atom is 0.416 e. The molecule has 0 saturated heterocycles. The quantitative estimate of drug-likeness (QED) is 0.277. The second-order valence-corrected chi connectivity index (χ2v) is 8.43. The SMILES string of the molecule is COc1ccc(-c2nnc(SCc3ccccc3C(F)(F)F)n2-c2ccc(C)cc2)cc1OC. The van der Waals surface area contributed by atoms with E-state index in [9.17, 15) is 13.2 Å². The van der Waals surface area contributed by atoms with Crippen LogP contribution in [0, 0.1) is 6.92 Å². The predicted octanol–water partition coefficient (Wildman–Crippen LogP) is 6.57. The van der Waals surface area contributed by atoms with E-state index in [2.05, 4.69) is 10.2 Å². The van der Waals surface area contributed by atoms with Crippen molar-refractivity contribution in [2.45, 2.75) is 24.0 Å². The molecule has 9 heteroatoms.